The van der Waals surface area contributed by atoms with Crippen LogP contribution in [0.5, 0.6) is 0 Å². The first-order chi connectivity index (χ1) is 6.00. The molecule has 0 aliphatic rings. The second kappa shape index (κ2) is 13.1. The molecule has 0 aromatic carbocycles. The summed E-state index contributed by atoms with van der Waals surface area (Å²) in [5.41, 5.74) is 0. The standard InChI is InChI=1S/2Ca.3H2O4S/c;;3*1-5(2,3)4/h;;3*(H2,1,2,3,4)/q2*+2;;;/p-4. The van der Waals surface area contributed by atoms with Gasteiger partial charge in [0.05, 0.1) is 0 Å². The third-order valence-corrected chi connectivity index (χ3v) is 0. The molecule has 0 heterocycles. The van der Waals surface area contributed by atoms with E-state index >= 15 is 0 Å². The molecule has 0 atom stereocenters. The predicted octanol–water partition coefficient (Wildman–Crippen LogP) is -4.09. The summed E-state index contributed by atoms with van der Waals surface area (Å²) in [7, 11) is -15.0. The zero-order chi connectivity index (χ0) is 13.5. The largest absolute Gasteiger partial charge is 2.00 e. The molecule has 0 radical (unpaired) electrons. The van der Waals surface area contributed by atoms with Crippen LogP contribution in [0.25, 0.3) is 0 Å². The van der Waals surface area contributed by atoms with Crippen LogP contribution in [0.2, 0.25) is 0 Å². The summed E-state index contributed by atoms with van der Waals surface area (Å²) in [5.74, 6) is 0. The minimum Gasteiger partial charge on any atom is -0.759 e. The molecule has 0 unspecified atom stereocenters. The topological polar surface area (TPSA) is 235 Å². The molecule has 0 fully saturated rings. The Hall–Kier alpha value is 2.13. The van der Waals surface area contributed by atoms with Crippen molar-refractivity contribution in [2.45, 2.75) is 0 Å². The van der Waals surface area contributed by atoms with Crippen LogP contribution in [0.1, 0.15) is 0 Å². The first kappa shape index (κ1) is 31.5. The Labute approximate surface area is 157 Å². The molecule has 12 nitrogen and oxygen atoms in total. The summed E-state index contributed by atoms with van der Waals surface area (Å²) < 4.78 is 99.7. The molecule has 17 heavy (non-hydrogen) atoms. The normalized spacial score (nSPS) is 10.2. The van der Waals surface area contributed by atoms with E-state index in [9.17, 15) is 0 Å². The van der Waals surface area contributed by atoms with Crippen LogP contribution in [-0.4, -0.2) is 128 Å². The van der Waals surface area contributed by atoms with Crippen LogP contribution in [0.4, 0.5) is 0 Å². The number of hydrogen-bond acceptors (Lipinski definition) is 10. The molecule has 0 aliphatic heterocycles. The summed E-state index contributed by atoms with van der Waals surface area (Å²) >= 11 is 0. The molecule has 0 bridgehead atoms. The Morgan fingerprint density at radius 2 is 0.588 bits per heavy atom. The van der Waals surface area contributed by atoms with Gasteiger partial charge in [-0.05, 0) is 0 Å². The van der Waals surface area contributed by atoms with Gasteiger partial charge in [-0.3, -0.25) is 25.9 Å². The zero-order valence-corrected chi connectivity index (χ0v) is 14.5. The quantitative estimate of drug-likeness (QED) is 0.235. The van der Waals surface area contributed by atoms with Crippen molar-refractivity contribution >= 4 is 107 Å². The van der Waals surface area contributed by atoms with Gasteiger partial charge in [0.2, 0.25) is 0 Å². The molecule has 0 aromatic heterocycles. The Morgan fingerprint density at radius 1 is 0.588 bits per heavy atom. The number of hydrogen-bond donors (Lipinski definition) is 2. The summed E-state index contributed by atoms with van der Waals surface area (Å²) in [6, 6.07) is 0. The molecule has 0 rings (SSSR count). The summed E-state index contributed by atoms with van der Waals surface area (Å²) in [5, 5.41) is 0. The van der Waals surface area contributed by atoms with Gasteiger partial charge in [0, 0.05) is 20.8 Å². The van der Waals surface area contributed by atoms with E-state index in [-0.39, 0.29) is 75.5 Å². The summed E-state index contributed by atoms with van der Waals surface area (Å²) in [4.78, 5) is 0. The van der Waals surface area contributed by atoms with Crippen LogP contribution >= 0.6 is 0 Å². The van der Waals surface area contributed by atoms with Crippen molar-refractivity contribution < 1.29 is 52.6 Å². The third-order valence-electron chi connectivity index (χ3n) is 0. The van der Waals surface area contributed by atoms with Crippen molar-refractivity contribution in [1.29, 1.82) is 0 Å². The molecule has 0 aromatic rings. The van der Waals surface area contributed by atoms with Crippen molar-refractivity contribution in [3.63, 3.8) is 0 Å². The molecular formula is H2Ca2O12S3. The van der Waals surface area contributed by atoms with Gasteiger partial charge in [-0.2, -0.15) is 8.42 Å². The minimum atomic E-state index is -5.17. The van der Waals surface area contributed by atoms with Crippen molar-refractivity contribution in [2.75, 3.05) is 0 Å². The first-order valence-corrected chi connectivity index (χ1v) is 6.10. The van der Waals surface area contributed by atoms with Crippen LogP contribution < -0.4 is 0 Å². The van der Waals surface area contributed by atoms with Crippen LogP contribution in [0, 0.1) is 0 Å². The fourth-order valence-corrected chi connectivity index (χ4v) is 0. The molecule has 96 valence electrons. The monoisotopic (exact) mass is 370 g/mol. The molecular weight excluding hydrogens is 368 g/mol. The van der Waals surface area contributed by atoms with Crippen LogP contribution in [0.15, 0.2) is 0 Å². The van der Waals surface area contributed by atoms with E-state index in [1.165, 1.54) is 0 Å². The van der Waals surface area contributed by atoms with Gasteiger partial charge in [0.25, 0.3) is 0 Å². The van der Waals surface area contributed by atoms with Gasteiger partial charge in [0.15, 0.2) is 0 Å². The third kappa shape index (κ3) is 1040. The van der Waals surface area contributed by atoms with E-state index < -0.39 is 31.2 Å². The Morgan fingerprint density at radius 3 is 0.588 bits per heavy atom. The van der Waals surface area contributed by atoms with Crippen molar-refractivity contribution in [2.24, 2.45) is 0 Å². The smallest absolute Gasteiger partial charge is 0.759 e. The molecule has 0 aliphatic carbocycles. The second-order valence-corrected chi connectivity index (χ2v) is 3.79. The molecule has 0 saturated heterocycles. The predicted molar refractivity (Wildman–Crippen MR) is 46.6 cm³/mol. The van der Waals surface area contributed by atoms with Gasteiger partial charge >= 0.3 is 85.9 Å². The van der Waals surface area contributed by atoms with E-state index in [1.54, 1.807) is 0 Å². The number of rotatable bonds is 0. The molecule has 2 N–H and O–H groups in total. The zero-order valence-electron chi connectivity index (χ0n) is 7.62. The maximum atomic E-state index is 8.74. The summed E-state index contributed by atoms with van der Waals surface area (Å²) in [6.07, 6.45) is 0. The Bertz CT molecular complexity index is 341. The molecule has 0 spiro atoms. The van der Waals surface area contributed by atoms with Gasteiger partial charge in [-0.25, -0.2) is 0 Å². The fourth-order valence-electron chi connectivity index (χ4n) is 0. The van der Waals surface area contributed by atoms with Gasteiger partial charge in [0.1, 0.15) is 0 Å². The van der Waals surface area contributed by atoms with Gasteiger partial charge < -0.3 is 18.2 Å². The van der Waals surface area contributed by atoms with E-state index in [1.807, 2.05) is 0 Å². The van der Waals surface area contributed by atoms with E-state index in [0.717, 1.165) is 0 Å². The van der Waals surface area contributed by atoms with Crippen molar-refractivity contribution in [3.8, 4) is 0 Å². The second-order valence-electron chi connectivity index (χ2n) is 1.26. The first-order valence-electron chi connectivity index (χ1n) is 2.03. The maximum Gasteiger partial charge on any atom is 2.00 e. The van der Waals surface area contributed by atoms with Gasteiger partial charge in [-0.15, -0.1) is 0 Å². The maximum absolute atomic E-state index is 8.74. The van der Waals surface area contributed by atoms with Crippen molar-refractivity contribution in [3.05, 3.63) is 0 Å². The van der Waals surface area contributed by atoms with E-state index in [0.29, 0.717) is 0 Å². The van der Waals surface area contributed by atoms with Crippen LogP contribution in [0.3, 0.4) is 0 Å². The molecule has 0 saturated carbocycles. The SMILES string of the molecule is O=S(=O)(O)O.O=S(=O)([O-])[O-].O=S(=O)([O-])[O-].[Ca+2].[Ca+2]. The van der Waals surface area contributed by atoms with E-state index in [4.69, 9.17) is 52.6 Å². The van der Waals surface area contributed by atoms with Crippen molar-refractivity contribution in [1.82, 2.24) is 0 Å². The fraction of sp³-hybridized carbons (Fsp3) is 0. The van der Waals surface area contributed by atoms with E-state index in [2.05, 4.69) is 0 Å². The molecule has 0 amide bonds. The van der Waals surface area contributed by atoms with Gasteiger partial charge in [-0.1, -0.05) is 0 Å². The Balaban J connectivity index is -0.0000000400. The molecule has 17 heteroatoms. The minimum absolute atomic E-state index is 0. The Kier molecular flexibility index (Phi) is 24.3. The average molecular weight is 370 g/mol. The van der Waals surface area contributed by atoms with Crippen LogP contribution in [-0.2, 0) is 31.2 Å². The average Bonchev–Trinajstić information content (AvgIpc) is 1.41. The summed E-state index contributed by atoms with van der Waals surface area (Å²) in [6.45, 7) is 0.